The van der Waals surface area contributed by atoms with Crippen molar-refractivity contribution >= 4 is 20.9 Å². The quantitative estimate of drug-likeness (QED) is 0.893. The zero-order valence-electron chi connectivity index (χ0n) is 11.0. The first kappa shape index (κ1) is 13.5. The van der Waals surface area contributed by atoms with Gasteiger partial charge in [-0.05, 0) is 50.2 Å². The number of benzene rings is 1. The average molecular weight is 291 g/mol. The lowest BCUT2D eigenvalue weighted by Crippen LogP contribution is -2.42. The van der Waals surface area contributed by atoms with Gasteiger partial charge in [-0.25, -0.2) is 13.1 Å². The topological polar surface area (TPSA) is 71.1 Å². The zero-order valence-corrected chi connectivity index (χ0v) is 11.9. The smallest absolute Gasteiger partial charge is 0.241 e. The maximum Gasteiger partial charge on any atom is 0.241 e. The van der Waals surface area contributed by atoms with Crippen LogP contribution in [-0.4, -0.2) is 32.5 Å². The molecule has 0 amide bonds. The first-order valence-corrected chi connectivity index (χ1v) is 8.22. The molecule has 0 atom stereocenters. The van der Waals surface area contributed by atoms with Gasteiger partial charge in [0.2, 0.25) is 10.0 Å². The van der Waals surface area contributed by atoms with E-state index in [-0.39, 0.29) is 6.04 Å². The van der Waals surface area contributed by atoms with Crippen LogP contribution in [0.1, 0.15) is 12.8 Å². The molecule has 2 aromatic rings. The predicted octanol–water partition coefficient (Wildman–Crippen LogP) is 1.27. The van der Waals surface area contributed by atoms with Crippen LogP contribution in [0.4, 0.5) is 0 Å². The van der Waals surface area contributed by atoms with E-state index >= 15 is 0 Å². The molecule has 6 heteroatoms. The van der Waals surface area contributed by atoms with Crippen molar-refractivity contribution < 1.29 is 8.42 Å². The van der Waals surface area contributed by atoms with Crippen molar-refractivity contribution in [2.24, 2.45) is 0 Å². The van der Waals surface area contributed by atoms with Gasteiger partial charge >= 0.3 is 0 Å². The lowest BCUT2D eigenvalue weighted by Gasteiger charge is -2.23. The van der Waals surface area contributed by atoms with E-state index in [4.69, 9.17) is 0 Å². The van der Waals surface area contributed by atoms with E-state index in [1.165, 1.54) is 0 Å². The van der Waals surface area contributed by atoms with Crippen molar-refractivity contribution in [2.45, 2.75) is 23.8 Å². The highest BCUT2D eigenvalue weighted by atomic mass is 32.2. The van der Waals surface area contributed by atoms with Gasteiger partial charge in [0, 0.05) is 17.6 Å². The summed E-state index contributed by atoms with van der Waals surface area (Å²) in [6.07, 6.45) is 3.31. The molecular formula is C14H17N3O2S. The van der Waals surface area contributed by atoms with E-state index in [1.807, 2.05) is 6.07 Å². The Morgan fingerprint density at radius 3 is 2.75 bits per heavy atom. The molecule has 1 fully saturated rings. The van der Waals surface area contributed by atoms with E-state index < -0.39 is 10.0 Å². The second-order valence-electron chi connectivity index (χ2n) is 4.97. The minimum absolute atomic E-state index is 0.00757. The molecule has 1 aromatic heterocycles. The van der Waals surface area contributed by atoms with Crippen molar-refractivity contribution in [1.29, 1.82) is 0 Å². The van der Waals surface area contributed by atoms with Crippen molar-refractivity contribution in [3.05, 3.63) is 36.5 Å². The standard InChI is InChI=1S/C14H17N3O2S/c18-20(19,17-11-6-9-15-10-7-11)14-5-1-4-13-12(14)3-2-8-16-13/h1-5,8,11,15,17H,6-7,9-10H2. The highest BCUT2D eigenvalue weighted by molar-refractivity contribution is 7.89. The number of rotatable bonds is 3. The average Bonchev–Trinajstić information content (AvgIpc) is 2.47. The van der Waals surface area contributed by atoms with Gasteiger partial charge < -0.3 is 5.32 Å². The van der Waals surface area contributed by atoms with E-state index in [9.17, 15) is 8.42 Å². The maximum atomic E-state index is 12.6. The molecule has 0 bridgehead atoms. The Morgan fingerprint density at radius 1 is 1.15 bits per heavy atom. The molecule has 20 heavy (non-hydrogen) atoms. The first-order valence-electron chi connectivity index (χ1n) is 6.74. The van der Waals surface area contributed by atoms with Crippen LogP contribution < -0.4 is 10.0 Å². The van der Waals surface area contributed by atoms with Crippen LogP contribution in [0.25, 0.3) is 10.9 Å². The molecule has 2 N–H and O–H groups in total. The normalized spacial score (nSPS) is 17.4. The number of hydrogen-bond acceptors (Lipinski definition) is 4. The molecule has 1 aromatic carbocycles. The summed E-state index contributed by atoms with van der Waals surface area (Å²) in [5.74, 6) is 0. The molecule has 0 spiro atoms. The number of piperidine rings is 1. The zero-order chi connectivity index (χ0) is 14.0. The van der Waals surface area contributed by atoms with Crippen molar-refractivity contribution in [3.63, 3.8) is 0 Å². The summed E-state index contributed by atoms with van der Waals surface area (Å²) in [5.41, 5.74) is 0.695. The molecule has 1 aliphatic rings. The molecule has 1 saturated heterocycles. The summed E-state index contributed by atoms with van der Waals surface area (Å²) in [6.45, 7) is 1.70. The number of sulfonamides is 1. The summed E-state index contributed by atoms with van der Waals surface area (Å²) < 4.78 is 27.9. The number of hydrogen-bond donors (Lipinski definition) is 2. The van der Waals surface area contributed by atoms with Crippen LogP contribution in [0.15, 0.2) is 41.4 Å². The van der Waals surface area contributed by atoms with Gasteiger partial charge in [-0.15, -0.1) is 0 Å². The largest absolute Gasteiger partial charge is 0.317 e. The minimum Gasteiger partial charge on any atom is -0.317 e. The Labute approximate surface area is 118 Å². The summed E-state index contributed by atoms with van der Waals surface area (Å²) in [5, 5.41) is 3.89. The molecule has 2 heterocycles. The van der Waals surface area contributed by atoms with Crippen LogP contribution >= 0.6 is 0 Å². The van der Waals surface area contributed by atoms with E-state index in [2.05, 4.69) is 15.0 Å². The first-order chi connectivity index (χ1) is 9.67. The Balaban J connectivity index is 1.96. The molecular weight excluding hydrogens is 274 g/mol. The van der Waals surface area contributed by atoms with Gasteiger partial charge in [-0.3, -0.25) is 4.98 Å². The Hall–Kier alpha value is -1.50. The predicted molar refractivity (Wildman–Crippen MR) is 78.0 cm³/mol. The molecule has 1 aliphatic heterocycles. The molecule has 0 aliphatic carbocycles. The molecule has 0 unspecified atom stereocenters. The summed E-state index contributed by atoms with van der Waals surface area (Å²) >= 11 is 0. The third kappa shape index (κ3) is 2.67. The van der Waals surface area contributed by atoms with Crippen molar-refractivity contribution in [1.82, 2.24) is 15.0 Å². The third-order valence-corrected chi connectivity index (χ3v) is 5.13. The monoisotopic (exact) mass is 291 g/mol. The Morgan fingerprint density at radius 2 is 1.95 bits per heavy atom. The van der Waals surface area contributed by atoms with Crippen LogP contribution in [0, 0.1) is 0 Å². The maximum absolute atomic E-state index is 12.6. The fourth-order valence-electron chi connectivity index (χ4n) is 2.53. The molecule has 5 nitrogen and oxygen atoms in total. The van der Waals surface area contributed by atoms with Crippen LogP contribution in [-0.2, 0) is 10.0 Å². The lowest BCUT2D eigenvalue weighted by atomic mass is 10.1. The molecule has 106 valence electrons. The van der Waals surface area contributed by atoms with E-state index in [0.29, 0.717) is 15.8 Å². The highest BCUT2D eigenvalue weighted by Crippen LogP contribution is 2.21. The summed E-state index contributed by atoms with van der Waals surface area (Å²) in [7, 11) is -3.50. The number of nitrogens with zero attached hydrogens (tertiary/aromatic N) is 1. The van der Waals surface area contributed by atoms with Gasteiger partial charge in [0.1, 0.15) is 0 Å². The Bertz CT molecular complexity index is 704. The molecule has 3 rings (SSSR count). The van der Waals surface area contributed by atoms with Gasteiger partial charge in [0.05, 0.1) is 10.4 Å². The van der Waals surface area contributed by atoms with E-state index in [1.54, 1.807) is 30.5 Å². The second-order valence-corrected chi connectivity index (χ2v) is 6.65. The fourth-order valence-corrected chi connectivity index (χ4v) is 4.05. The van der Waals surface area contributed by atoms with Crippen LogP contribution in [0.5, 0.6) is 0 Å². The van der Waals surface area contributed by atoms with Crippen molar-refractivity contribution in [3.8, 4) is 0 Å². The number of nitrogens with one attached hydrogen (secondary N) is 2. The van der Waals surface area contributed by atoms with Gasteiger partial charge in [-0.1, -0.05) is 6.07 Å². The van der Waals surface area contributed by atoms with Crippen molar-refractivity contribution in [2.75, 3.05) is 13.1 Å². The van der Waals surface area contributed by atoms with Gasteiger partial charge in [0.25, 0.3) is 0 Å². The van der Waals surface area contributed by atoms with Crippen LogP contribution in [0.3, 0.4) is 0 Å². The second kappa shape index (κ2) is 5.47. The minimum atomic E-state index is -3.50. The number of aromatic nitrogens is 1. The van der Waals surface area contributed by atoms with Gasteiger partial charge in [0.15, 0.2) is 0 Å². The number of fused-ring (bicyclic) bond motifs is 1. The van der Waals surface area contributed by atoms with E-state index in [0.717, 1.165) is 25.9 Å². The van der Waals surface area contributed by atoms with Crippen LogP contribution in [0.2, 0.25) is 0 Å². The summed E-state index contributed by atoms with van der Waals surface area (Å²) in [6, 6.07) is 8.73. The fraction of sp³-hybridized carbons (Fsp3) is 0.357. The summed E-state index contributed by atoms with van der Waals surface area (Å²) in [4.78, 5) is 4.51. The SMILES string of the molecule is O=S(=O)(NC1CCNCC1)c1cccc2ncccc12. The molecule has 0 saturated carbocycles. The Kier molecular flexibility index (Phi) is 3.69. The van der Waals surface area contributed by atoms with Gasteiger partial charge in [-0.2, -0.15) is 0 Å². The number of pyridine rings is 1. The third-order valence-electron chi connectivity index (χ3n) is 3.56. The highest BCUT2D eigenvalue weighted by Gasteiger charge is 2.23. The molecule has 0 radical (unpaired) electrons. The lowest BCUT2D eigenvalue weighted by molar-refractivity contribution is 0.427.